The van der Waals surface area contributed by atoms with Crippen LogP contribution < -0.4 is 9.47 Å². The molecule has 6 heteroatoms. The zero-order valence-corrected chi connectivity index (χ0v) is 13.5. The molecule has 1 fully saturated rings. The third-order valence-electron chi connectivity index (χ3n) is 4.57. The molecule has 0 bridgehead atoms. The van der Waals surface area contributed by atoms with Gasteiger partial charge in [-0.15, -0.1) is 0 Å². The van der Waals surface area contributed by atoms with Crippen molar-refractivity contribution in [1.82, 2.24) is 4.90 Å². The van der Waals surface area contributed by atoms with Crippen LogP contribution in [0.15, 0.2) is 42.5 Å². The molecule has 2 heterocycles. The standard InChI is InChI=1S/C19H18FNO4/c20-13-4-1-3-12(9-13)16-10-14(22)11-21(16)19(23)15-5-2-6-17-18(15)25-8-7-24-17/h1-6,9,14,16,22H,7-8,10-11H2. The van der Waals surface area contributed by atoms with Gasteiger partial charge >= 0.3 is 0 Å². The van der Waals surface area contributed by atoms with E-state index in [-0.39, 0.29) is 24.3 Å². The fourth-order valence-electron chi connectivity index (χ4n) is 3.46. The number of para-hydroxylation sites is 1. The van der Waals surface area contributed by atoms with Crippen molar-refractivity contribution in [1.29, 1.82) is 0 Å². The van der Waals surface area contributed by atoms with E-state index in [1.165, 1.54) is 12.1 Å². The number of carbonyl (C=O) groups excluding carboxylic acids is 1. The Labute approximate surface area is 144 Å². The maximum absolute atomic E-state index is 13.6. The number of aliphatic hydroxyl groups is 1. The fourth-order valence-corrected chi connectivity index (χ4v) is 3.46. The molecule has 2 atom stereocenters. The molecule has 2 aromatic carbocycles. The predicted octanol–water partition coefficient (Wildman–Crippen LogP) is 2.55. The molecule has 2 aromatic rings. The Morgan fingerprint density at radius 2 is 1.96 bits per heavy atom. The summed E-state index contributed by atoms with van der Waals surface area (Å²) in [6.45, 7) is 1.02. The topological polar surface area (TPSA) is 59.0 Å². The van der Waals surface area contributed by atoms with Crippen molar-refractivity contribution in [3.63, 3.8) is 0 Å². The van der Waals surface area contributed by atoms with E-state index in [1.54, 1.807) is 35.2 Å². The summed E-state index contributed by atoms with van der Waals surface area (Å²) in [7, 11) is 0. The van der Waals surface area contributed by atoms with Crippen LogP contribution in [0.5, 0.6) is 11.5 Å². The molecular weight excluding hydrogens is 325 g/mol. The van der Waals surface area contributed by atoms with E-state index in [1.807, 2.05) is 0 Å². The maximum Gasteiger partial charge on any atom is 0.258 e. The number of β-amino-alcohol motifs (C(OH)–C–C–N with tert-alkyl or cyclic N) is 1. The largest absolute Gasteiger partial charge is 0.486 e. The van der Waals surface area contributed by atoms with Crippen LogP contribution in [0, 0.1) is 5.82 Å². The first kappa shape index (κ1) is 15.9. The number of rotatable bonds is 2. The molecule has 0 saturated carbocycles. The van der Waals surface area contributed by atoms with Crippen LogP contribution in [0.2, 0.25) is 0 Å². The van der Waals surface area contributed by atoms with Gasteiger partial charge in [-0.1, -0.05) is 18.2 Å². The third-order valence-corrected chi connectivity index (χ3v) is 4.57. The molecule has 25 heavy (non-hydrogen) atoms. The quantitative estimate of drug-likeness (QED) is 0.910. The summed E-state index contributed by atoms with van der Waals surface area (Å²) in [5.41, 5.74) is 1.07. The van der Waals surface area contributed by atoms with Crippen LogP contribution in [0.1, 0.15) is 28.4 Å². The summed E-state index contributed by atoms with van der Waals surface area (Å²) >= 11 is 0. The second-order valence-electron chi connectivity index (χ2n) is 6.25. The first-order chi connectivity index (χ1) is 12.1. The van der Waals surface area contributed by atoms with Crippen molar-refractivity contribution >= 4 is 5.91 Å². The van der Waals surface area contributed by atoms with Crippen molar-refractivity contribution in [2.75, 3.05) is 19.8 Å². The third kappa shape index (κ3) is 2.93. The summed E-state index contributed by atoms with van der Waals surface area (Å²) in [5.74, 6) is 0.352. The molecule has 0 aromatic heterocycles. The SMILES string of the molecule is O=C(c1cccc2c1OCCO2)N1CC(O)CC1c1cccc(F)c1. The van der Waals surface area contributed by atoms with Gasteiger partial charge in [0.1, 0.15) is 19.0 Å². The van der Waals surface area contributed by atoms with E-state index in [9.17, 15) is 14.3 Å². The molecule has 130 valence electrons. The van der Waals surface area contributed by atoms with Crippen molar-refractivity contribution in [3.05, 3.63) is 59.4 Å². The molecule has 1 N–H and O–H groups in total. The van der Waals surface area contributed by atoms with E-state index >= 15 is 0 Å². The highest BCUT2D eigenvalue weighted by molar-refractivity contribution is 5.98. The molecule has 5 nitrogen and oxygen atoms in total. The Kier molecular flexibility index (Phi) is 4.05. The molecule has 2 aliphatic rings. The zero-order valence-electron chi connectivity index (χ0n) is 13.5. The first-order valence-electron chi connectivity index (χ1n) is 8.26. The number of ether oxygens (including phenoxy) is 2. The molecule has 1 saturated heterocycles. The van der Waals surface area contributed by atoms with Gasteiger partial charge in [-0.2, -0.15) is 0 Å². The molecule has 2 unspecified atom stereocenters. The van der Waals surface area contributed by atoms with Crippen LogP contribution in [-0.4, -0.2) is 41.8 Å². The van der Waals surface area contributed by atoms with Crippen molar-refractivity contribution in [2.45, 2.75) is 18.6 Å². The summed E-state index contributed by atoms with van der Waals surface area (Å²) in [6, 6.07) is 11.0. The molecule has 0 aliphatic carbocycles. The number of hydrogen-bond acceptors (Lipinski definition) is 4. The number of halogens is 1. The van der Waals surface area contributed by atoms with Crippen LogP contribution in [0.4, 0.5) is 4.39 Å². The number of nitrogens with zero attached hydrogens (tertiary/aromatic N) is 1. The lowest BCUT2D eigenvalue weighted by molar-refractivity contribution is 0.0705. The Morgan fingerprint density at radius 3 is 2.80 bits per heavy atom. The number of carbonyl (C=O) groups is 1. The maximum atomic E-state index is 13.6. The van der Waals surface area contributed by atoms with Crippen LogP contribution in [0.25, 0.3) is 0 Å². The van der Waals surface area contributed by atoms with Gasteiger partial charge in [0, 0.05) is 6.54 Å². The van der Waals surface area contributed by atoms with Crippen molar-refractivity contribution < 1.29 is 23.8 Å². The van der Waals surface area contributed by atoms with E-state index in [4.69, 9.17) is 9.47 Å². The van der Waals surface area contributed by atoms with Crippen molar-refractivity contribution in [3.8, 4) is 11.5 Å². The number of aliphatic hydroxyl groups excluding tert-OH is 1. The highest BCUT2D eigenvalue weighted by atomic mass is 19.1. The lowest BCUT2D eigenvalue weighted by Crippen LogP contribution is -2.32. The normalized spacial score (nSPS) is 22.1. The van der Waals surface area contributed by atoms with Gasteiger partial charge in [-0.25, -0.2) is 4.39 Å². The summed E-state index contributed by atoms with van der Waals surface area (Å²) in [6.07, 6.45) is -0.268. The molecule has 1 amide bonds. The van der Waals surface area contributed by atoms with Gasteiger partial charge in [0.05, 0.1) is 17.7 Å². The van der Waals surface area contributed by atoms with Crippen LogP contribution in [-0.2, 0) is 0 Å². The number of amides is 1. The smallest absolute Gasteiger partial charge is 0.258 e. The van der Waals surface area contributed by atoms with Crippen molar-refractivity contribution in [2.24, 2.45) is 0 Å². The second kappa shape index (κ2) is 6.37. The number of fused-ring (bicyclic) bond motifs is 1. The Morgan fingerprint density at radius 1 is 1.16 bits per heavy atom. The lowest BCUT2D eigenvalue weighted by Gasteiger charge is -2.27. The van der Waals surface area contributed by atoms with Gasteiger partial charge in [0.25, 0.3) is 5.91 Å². The molecule has 0 radical (unpaired) electrons. The summed E-state index contributed by atoms with van der Waals surface area (Å²) in [4.78, 5) is 14.7. The molecule has 0 spiro atoms. The van der Waals surface area contributed by atoms with Crippen LogP contribution >= 0.6 is 0 Å². The van der Waals surface area contributed by atoms with Gasteiger partial charge in [-0.05, 0) is 36.2 Å². The minimum Gasteiger partial charge on any atom is -0.486 e. The van der Waals surface area contributed by atoms with Gasteiger partial charge in [-0.3, -0.25) is 4.79 Å². The average Bonchev–Trinajstić information content (AvgIpc) is 3.02. The van der Waals surface area contributed by atoms with Gasteiger partial charge < -0.3 is 19.5 Å². The molecular formula is C19H18FNO4. The zero-order chi connectivity index (χ0) is 17.4. The Balaban J connectivity index is 1.69. The number of benzene rings is 2. The monoisotopic (exact) mass is 343 g/mol. The highest BCUT2D eigenvalue weighted by Crippen LogP contribution is 2.38. The first-order valence-corrected chi connectivity index (χ1v) is 8.26. The summed E-state index contributed by atoms with van der Waals surface area (Å²) < 4.78 is 24.7. The highest BCUT2D eigenvalue weighted by Gasteiger charge is 2.37. The Bertz CT molecular complexity index is 810. The van der Waals surface area contributed by atoms with Crippen LogP contribution in [0.3, 0.4) is 0 Å². The fraction of sp³-hybridized carbons (Fsp3) is 0.316. The number of hydrogen-bond donors (Lipinski definition) is 1. The number of likely N-dealkylation sites (tertiary alicyclic amines) is 1. The van der Waals surface area contributed by atoms with E-state index in [0.717, 1.165) is 0 Å². The van der Waals surface area contributed by atoms with Gasteiger partial charge in [0.15, 0.2) is 11.5 Å². The predicted molar refractivity (Wildman–Crippen MR) is 88.2 cm³/mol. The van der Waals surface area contributed by atoms with E-state index in [2.05, 4.69) is 0 Å². The minimum atomic E-state index is -0.645. The second-order valence-corrected chi connectivity index (χ2v) is 6.25. The average molecular weight is 343 g/mol. The molecule has 4 rings (SSSR count). The van der Waals surface area contributed by atoms with Gasteiger partial charge in [0.2, 0.25) is 0 Å². The molecule has 2 aliphatic heterocycles. The lowest BCUT2D eigenvalue weighted by atomic mass is 10.0. The minimum absolute atomic E-state index is 0.199. The van der Waals surface area contributed by atoms with E-state index < -0.39 is 6.10 Å². The Hall–Kier alpha value is -2.60. The summed E-state index contributed by atoms with van der Waals surface area (Å²) in [5, 5.41) is 10.1. The van der Waals surface area contributed by atoms with E-state index in [0.29, 0.717) is 42.3 Å².